The fourth-order valence-electron chi connectivity index (χ4n) is 2.06. The highest BCUT2D eigenvalue weighted by Gasteiger charge is 2.04. The highest BCUT2D eigenvalue weighted by molar-refractivity contribution is 5.96. The Morgan fingerprint density at radius 1 is 1.17 bits per heavy atom. The maximum absolute atomic E-state index is 12.1. The van der Waals surface area contributed by atoms with Crippen molar-refractivity contribution in [2.45, 2.75) is 33.1 Å². The summed E-state index contributed by atoms with van der Waals surface area (Å²) >= 11 is 0. The largest absolute Gasteiger partial charge is 0.490 e. The van der Waals surface area contributed by atoms with Gasteiger partial charge in [-0.3, -0.25) is 4.79 Å². The van der Waals surface area contributed by atoms with Crippen LogP contribution < -0.4 is 10.1 Å². The van der Waals surface area contributed by atoms with E-state index in [0.717, 1.165) is 37.2 Å². The van der Waals surface area contributed by atoms with Gasteiger partial charge >= 0.3 is 0 Å². The first-order valence-electron chi connectivity index (χ1n) is 8.49. The lowest BCUT2D eigenvalue weighted by atomic mass is 10.1. The molecule has 0 heterocycles. The molecule has 0 fully saturated rings. The van der Waals surface area contributed by atoms with Crippen molar-refractivity contribution in [1.29, 1.82) is 0 Å². The lowest BCUT2D eigenvalue weighted by molar-refractivity contribution is 0.0983. The van der Waals surface area contributed by atoms with E-state index in [0.29, 0.717) is 13.0 Å². The molecule has 0 spiro atoms. The zero-order chi connectivity index (χ0) is 17.6. The van der Waals surface area contributed by atoms with E-state index in [-0.39, 0.29) is 5.78 Å². The summed E-state index contributed by atoms with van der Waals surface area (Å²) in [6.07, 6.45) is 10.3. The molecule has 1 aromatic rings. The molecule has 1 aromatic carbocycles. The second kappa shape index (κ2) is 12.3. The van der Waals surface area contributed by atoms with Gasteiger partial charge in [0.05, 0.1) is 0 Å². The average Bonchev–Trinajstić information content (AvgIpc) is 2.57. The van der Waals surface area contributed by atoms with Crippen LogP contribution in [0.15, 0.2) is 60.7 Å². The molecule has 0 aliphatic heterocycles. The first-order valence-corrected chi connectivity index (χ1v) is 8.49. The summed E-state index contributed by atoms with van der Waals surface area (Å²) < 4.78 is 5.63. The fraction of sp³-hybridized carbons (Fsp3) is 0.381. The van der Waals surface area contributed by atoms with Crippen LogP contribution in [0.2, 0.25) is 0 Å². The molecule has 3 nitrogen and oxygen atoms in total. The highest BCUT2D eigenvalue weighted by Crippen LogP contribution is 2.14. The monoisotopic (exact) mass is 327 g/mol. The predicted molar refractivity (Wildman–Crippen MR) is 102 cm³/mol. The van der Waals surface area contributed by atoms with E-state index >= 15 is 0 Å². The van der Waals surface area contributed by atoms with E-state index in [1.54, 1.807) is 0 Å². The third-order valence-corrected chi connectivity index (χ3v) is 3.40. The lowest BCUT2D eigenvalue weighted by Crippen LogP contribution is -2.14. The molecule has 0 bridgehead atoms. The van der Waals surface area contributed by atoms with Gasteiger partial charge in [-0.15, -0.1) is 6.58 Å². The number of ketones is 1. The van der Waals surface area contributed by atoms with Crippen LogP contribution in [0.5, 0.6) is 5.75 Å². The lowest BCUT2D eigenvalue weighted by Gasteiger charge is -2.05. The molecule has 0 unspecified atom stereocenters. The molecule has 24 heavy (non-hydrogen) atoms. The molecule has 0 aliphatic carbocycles. The van der Waals surface area contributed by atoms with E-state index in [9.17, 15) is 4.79 Å². The highest BCUT2D eigenvalue weighted by atomic mass is 16.5. The maximum Gasteiger partial charge on any atom is 0.163 e. The Hall–Kier alpha value is -2.13. The normalized spacial score (nSPS) is 10.6. The SMILES string of the molecule is C=CCCNCC=CCOc1ccc(C(=O)CCC=C(C)C)cc1. The summed E-state index contributed by atoms with van der Waals surface area (Å²) in [5.41, 5.74) is 1.99. The number of allylic oxidation sites excluding steroid dienone is 2. The van der Waals surface area contributed by atoms with Crippen molar-refractivity contribution in [3.63, 3.8) is 0 Å². The predicted octanol–water partition coefficient (Wildman–Crippen LogP) is 4.72. The molecule has 0 saturated heterocycles. The maximum atomic E-state index is 12.1. The van der Waals surface area contributed by atoms with Gasteiger partial charge in [0.15, 0.2) is 5.78 Å². The van der Waals surface area contributed by atoms with Crippen LogP contribution in [-0.4, -0.2) is 25.5 Å². The van der Waals surface area contributed by atoms with Gasteiger partial charge in [0.25, 0.3) is 0 Å². The summed E-state index contributed by atoms with van der Waals surface area (Å²) in [5, 5.41) is 3.27. The van der Waals surface area contributed by atoms with E-state index in [2.05, 4.69) is 18.0 Å². The van der Waals surface area contributed by atoms with Gasteiger partial charge in [0.1, 0.15) is 12.4 Å². The molecule has 3 heteroatoms. The molecule has 0 aliphatic rings. The van der Waals surface area contributed by atoms with Crippen LogP contribution in [0.4, 0.5) is 0 Å². The third-order valence-electron chi connectivity index (χ3n) is 3.40. The average molecular weight is 327 g/mol. The Labute approximate surface area is 146 Å². The van der Waals surface area contributed by atoms with Gasteiger partial charge in [-0.05, 0) is 57.5 Å². The molecule has 0 amide bonds. The van der Waals surface area contributed by atoms with Crippen molar-refractivity contribution in [2.75, 3.05) is 19.7 Å². The van der Waals surface area contributed by atoms with Gasteiger partial charge in [-0.25, -0.2) is 0 Å². The summed E-state index contributed by atoms with van der Waals surface area (Å²) in [4.78, 5) is 12.1. The van der Waals surface area contributed by atoms with E-state index in [4.69, 9.17) is 4.74 Å². The Balaban J connectivity index is 2.29. The number of nitrogens with one attached hydrogen (secondary N) is 1. The Kier molecular flexibility index (Phi) is 10.2. The van der Waals surface area contributed by atoms with Crippen molar-refractivity contribution < 1.29 is 9.53 Å². The second-order valence-electron chi connectivity index (χ2n) is 5.83. The van der Waals surface area contributed by atoms with Crippen molar-refractivity contribution in [3.05, 3.63) is 66.3 Å². The first kappa shape index (κ1) is 19.9. The summed E-state index contributed by atoms with van der Waals surface area (Å²) in [5.74, 6) is 0.949. The third kappa shape index (κ3) is 9.11. The fourth-order valence-corrected chi connectivity index (χ4v) is 2.06. The van der Waals surface area contributed by atoms with Crippen LogP contribution in [0.3, 0.4) is 0 Å². The van der Waals surface area contributed by atoms with Gasteiger partial charge < -0.3 is 10.1 Å². The van der Waals surface area contributed by atoms with Gasteiger partial charge in [0, 0.05) is 18.5 Å². The number of hydrogen-bond donors (Lipinski definition) is 1. The van der Waals surface area contributed by atoms with Crippen LogP contribution in [0.1, 0.15) is 43.5 Å². The van der Waals surface area contributed by atoms with Crippen molar-refractivity contribution in [1.82, 2.24) is 5.32 Å². The smallest absolute Gasteiger partial charge is 0.163 e. The Morgan fingerprint density at radius 3 is 2.58 bits per heavy atom. The molecule has 130 valence electrons. The molecule has 1 N–H and O–H groups in total. The number of carbonyl (C=O) groups is 1. The molecular weight excluding hydrogens is 298 g/mol. The quantitative estimate of drug-likeness (QED) is 0.343. The number of Topliss-reactive ketones (excluding diaryl/α,β-unsaturated/α-hetero) is 1. The van der Waals surface area contributed by atoms with Crippen molar-refractivity contribution in [2.24, 2.45) is 0 Å². The number of rotatable bonds is 12. The number of ether oxygens (including phenoxy) is 1. The minimum atomic E-state index is 0.171. The standard InChI is InChI=1S/C21H29NO2/c1-4-5-15-22-16-6-7-17-24-20-13-11-19(12-14-20)21(23)10-8-9-18(2)3/h4,6-7,9,11-14,22H,1,5,8,10,15-17H2,2-3H3. The van der Waals surface area contributed by atoms with Crippen LogP contribution in [0, 0.1) is 0 Å². The molecule has 0 saturated carbocycles. The van der Waals surface area contributed by atoms with Gasteiger partial charge in [0.2, 0.25) is 0 Å². The van der Waals surface area contributed by atoms with Crippen LogP contribution >= 0.6 is 0 Å². The zero-order valence-electron chi connectivity index (χ0n) is 14.9. The molecule has 0 radical (unpaired) electrons. The van der Waals surface area contributed by atoms with Gasteiger partial charge in [-0.2, -0.15) is 0 Å². The van der Waals surface area contributed by atoms with E-state index < -0.39 is 0 Å². The molecule has 0 aromatic heterocycles. The topological polar surface area (TPSA) is 38.3 Å². The second-order valence-corrected chi connectivity index (χ2v) is 5.83. The minimum absolute atomic E-state index is 0.171. The van der Waals surface area contributed by atoms with E-state index in [1.807, 2.05) is 56.3 Å². The van der Waals surface area contributed by atoms with Crippen LogP contribution in [0.25, 0.3) is 0 Å². The molecule has 1 rings (SSSR count). The zero-order valence-corrected chi connectivity index (χ0v) is 14.9. The van der Waals surface area contributed by atoms with Crippen molar-refractivity contribution >= 4 is 5.78 Å². The van der Waals surface area contributed by atoms with E-state index in [1.165, 1.54) is 5.57 Å². The molecular formula is C21H29NO2. The number of benzene rings is 1. The Morgan fingerprint density at radius 2 is 1.92 bits per heavy atom. The summed E-state index contributed by atoms with van der Waals surface area (Å²) in [7, 11) is 0. The number of hydrogen-bond acceptors (Lipinski definition) is 3. The van der Waals surface area contributed by atoms with Crippen LogP contribution in [-0.2, 0) is 0 Å². The number of carbonyl (C=O) groups excluding carboxylic acids is 1. The summed E-state index contributed by atoms with van der Waals surface area (Å²) in [6.45, 7) is 10.1. The summed E-state index contributed by atoms with van der Waals surface area (Å²) in [6, 6.07) is 7.37. The van der Waals surface area contributed by atoms with Crippen molar-refractivity contribution in [3.8, 4) is 5.75 Å². The first-order chi connectivity index (χ1) is 11.6. The Bertz CT molecular complexity index is 552. The molecule has 0 atom stereocenters. The minimum Gasteiger partial charge on any atom is -0.490 e. The van der Waals surface area contributed by atoms with Gasteiger partial charge in [-0.1, -0.05) is 29.9 Å².